The average molecular weight is 219 g/mol. The first-order chi connectivity index (χ1) is 7.59. The van der Waals surface area contributed by atoms with Gasteiger partial charge < -0.3 is 10.0 Å². The highest BCUT2D eigenvalue weighted by Gasteiger charge is 2.22. The summed E-state index contributed by atoms with van der Waals surface area (Å²) in [7, 11) is 4.10. The van der Waals surface area contributed by atoms with Gasteiger partial charge in [0, 0.05) is 6.04 Å². The van der Waals surface area contributed by atoms with E-state index in [4.69, 9.17) is 5.11 Å². The number of hydrogen-bond donors (Lipinski definition) is 1. The lowest BCUT2D eigenvalue weighted by Gasteiger charge is -2.31. The third-order valence-corrected chi connectivity index (χ3v) is 3.30. The van der Waals surface area contributed by atoms with Crippen LogP contribution in [-0.2, 0) is 6.42 Å². The van der Waals surface area contributed by atoms with Gasteiger partial charge in [0.2, 0.25) is 0 Å². The predicted octanol–water partition coefficient (Wildman–Crippen LogP) is 2.32. The molecule has 1 aromatic rings. The van der Waals surface area contributed by atoms with E-state index in [2.05, 4.69) is 4.90 Å². The van der Waals surface area contributed by atoms with Crippen molar-refractivity contribution in [2.24, 2.45) is 0 Å². The van der Waals surface area contributed by atoms with Crippen molar-refractivity contribution in [2.45, 2.75) is 25.3 Å². The smallest absolute Gasteiger partial charge is 0.335 e. The van der Waals surface area contributed by atoms with Crippen molar-refractivity contribution in [3.8, 4) is 0 Å². The van der Waals surface area contributed by atoms with Crippen molar-refractivity contribution in [3.05, 3.63) is 34.9 Å². The Labute approximate surface area is 95.7 Å². The molecule has 0 aromatic heterocycles. The number of rotatable bonds is 2. The lowest BCUT2D eigenvalue weighted by atomic mass is 9.86. The summed E-state index contributed by atoms with van der Waals surface area (Å²) in [6, 6.07) is 5.87. The summed E-state index contributed by atoms with van der Waals surface area (Å²) < 4.78 is 0. The van der Waals surface area contributed by atoms with Gasteiger partial charge in [0.25, 0.3) is 0 Å². The second-order valence-corrected chi connectivity index (χ2v) is 4.59. The summed E-state index contributed by atoms with van der Waals surface area (Å²) in [5.74, 6) is -0.842. The molecule has 1 aromatic carbocycles. The predicted molar refractivity (Wildman–Crippen MR) is 62.8 cm³/mol. The Balaban J connectivity index is 2.44. The summed E-state index contributed by atoms with van der Waals surface area (Å²) >= 11 is 0. The van der Waals surface area contributed by atoms with Crippen LogP contribution in [0.5, 0.6) is 0 Å². The number of aryl methyl sites for hydroxylation is 1. The van der Waals surface area contributed by atoms with Crippen molar-refractivity contribution in [3.63, 3.8) is 0 Å². The molecule has 16 heavy (non-hydrogen) atoms. The third kappa shape index (κ3) is 1.95. The van der Waals surface area contributed by atoms with Gasteiger partial charge in [-0.2, -0.15) is 0 Å². The van der Waals surface area contributed by atoms with E-state index >= 15 is 0 Å². The van der Waals surface area contributed by atoms with Crippen molar-refractivity contribution in [1.29, 1.82) is 0 Å². The third-order valence-electron chi connectivity index (χ3n) is 3.30. The second kappa shape index (κ2) is 4.26. The quantitative estimate of drug-likeness (QED) is 0.829. The molecule has 3 nitrogen and oxygen atoms in total. The number of aromatic carboxylic acids is 1. The van der Waals surface area contributed by atoms with E-state index in [9.17, 15) is 4.79 Å². The highest BCUT2D eigenvalue weighted by Crippen LogP contribution is 2.33. The van der Waals surface area contributed by atoms with Crippen LogP contribution in [0.3, 0.4) is 0 Å². The van der Waals surface area contributed by atoms with E-state index in [0.29, 0.717) is 11.6 Å². The number of carbonyl (C=O) groups is 1. The number of carboxylic acid groups (broad SMARTS) is 1. The SMILES string of the molecule is CN(C)C1CCCc2ccc(C(=O)O)cc21. The Morgan fingerprint density at radius 1 is 1.44 bits per heavy atom. The molecule has 0 heterocycles. The standard InChI is InChI=1S/C13H17NO2/c1-14(2)12-5-3-4-9-6-7-10(13(15)16)8-11(9)12/h6-8,12H,3-5H2,1-2H3,(H,15,16). The Bertz CT molecular complexity index is 412. The van der Waals surface area contributed by atoms with Crippen molar-refractivity contribution >= 4 is 5.97 Å². The van der Waals surface area contributed by atoms with Crippen LogP contribution in [-0.4, -0.2) is 30.1 Å². The van der Waals surface area contributed by atoms with Gasteiger partial charge in [-0.05, 0) is 56.6 Å². The minimum absolute atomic E-state index is 0.364. The minimum atomic E-state index is -0.842. The summed E-state index contributed by atoms with van der Waals surface area (Å²) in [6.45, 7) is 0. The van der Waals surface area contributed by atoms with E-state index in [1.807, 2.05) is 26.2 Å². The van der Waals surface area contributed by atoms with Crippen LogP contribution < -0.4 is 0 Å². The largest absolute Gasteiger partial charge is 0.478 e. The highest BCUT2D eigenvalue weighted by molar-refractivity contribution is 5.88. The van der Waals surface area contributed by atoms with E-state index in [0.717, 1.165) is 12.8 Å². The number of nitrogens with zero attached hydrogens (tertiary/aromatic N) is 1. The summed E-state index contributed by atoms with van der Waals surface area (Å²) in [5, 5.41) is 9.00. The molecule has 0 radical (unpaired) electrons. The molecule has 1 N–H and O–H groups in total. The Morgan fingerprint density at radius 2 is 2.19 bits per heavy atom. The molecular weight excluding hydrogens is 202 g/mol. The minimum Gasteiger partial charge on any atom is -0.478 e. The maximum absolute atomic E-state index is 10.9. The highest BCUT2D eigenvalue weighted by atomic mass is 16.4. The zero-order valence-corrected chi connectivity index (χ0v) is 9.73. The van der Waals surface area contributed by atoms with Crippen LogP contribution in [0.4, 0.5) is 0 Å². The summed E-state index contributed by atoms with van der Waals surface area (Å²) in [4.78, 5) is 13.1. The fraction of sp³-hybridized carbons (Fsp3) is 0.462. The van der Waals surface area contributed by atoms with Crippen LogP contribution >= 0.6 is 0 Å². The first kappa shape index (κ1) is 11.1. The first-order valence-electron chi connectivity index (χ1n) is 5.62. The van der Waals surface area contributed by atoms with Crippen LogP contribution in [0.1, 0.15) is 40.4 Å². The van der Waals surface area contributed by atoms with Gasteiger partial charge in [0.05, 0.1) is 5.56 Å². The van der Waals surface area contributed by atoms with Crippen molar-refractivity contribution in [1.82, 2.24) is 4.90 Å². The number of fused-ring (bicyclic) bond motifs is 1. The Kier molecular flexibility index (Phi) is 2.97. The normalized spacial score (nSPS) is 19.6. The van der Waals surface area contributed by atoms with E-state index in [-0.39, 0.29) is 0 Å². The molecule has 1 aliphatic carbocycles. The summed E-state index contributed by atoms with van der Waals surface area (Å²) in [5.41, 5.74) is 2.89. The number of benzene rings is 1. The van der Waals surface area contributed by atoms with Gasteiger partial charge >= 0.3 is 5.97 Å². The van der Waals surface area contributed by atoms with Gasteiger partial charge in [0.1, 0.15) is 0 Å². The molecule has 1 aliphatic rings. The Morgan fingerprint density at radius 3 is 2.81 bits per heavy atom. The van der Waals surface area contributed by atoms with Gasteiger partial charge in [-0.1, -0.05) is 6.07 Å². The second-order valence-electron chi connectivity index (χ2n) is 4.59. The molecule has 1 unspecified atom stereocenters. The molecule has 0 saturated carbocycles. The van der Waals surface area contributed by atoms with Crippen LogP contribution in [0.25, 0.3) is 0 Å². The Hall–Kier alpha value is -1.35. The molecule has 0 spiro atoms. The maximum Gasteiger partial charge on any atom is 0.335 e. The van der Waals surface area contributed by atoms with E-state index < -0.39 is 5.97 Å². The molecule has 0 saturated heterocycles. The monoisotopic (exact) mass is 219 g/mol. The van der Waals surface area contributed by atoms with Crippen molar-refractivity contribution < 1.29 is 9.90 Å². The topological polar surface area (TPSA) is 40.5 Å². The molecular formula is C13H17NO2. The average Bonchev–Trinajstić information content (AvgIpc) is 2.27. The van der Waals surface area contributed by atoms with Gasteiger partial charge in [0.15, 0.2) is 0 Å². The maximum atomic E-state index is 10.9. The fourth-order valence-electron chi connectivity index (χ4n) is 2.44. The number of carboxylic acids is 1. The van der Waals surface area contributed by atoms with E-state index in [1.165, 1.54) is 17.5 Å². The zero-order chi connectivity index (χ0) is 11.7. The van der Waals surface area contributed by atoms with Crippen LogP contribution in [0.15, 0.2) is 18.2 Å². The van der Waals surface area contributed by atoms with Gasteiger partial charge in [-0.25, -0.2) is 4.79 Å². The van der Waals surface area contributed by atoms with Gasteiger partial charge in [-0.15, -0.1) is 0 Å². The molecule has 0 amide bonds. The molecule has 3 heteroatoms. The molecule has 2 rings (SSSR count). The molecule has 0 fully saturated rings. The summed E-state index contributed by atoms with van der Waals surface area (Å²) in [6.07, 6.45) is 3.37. The molecule has 0 bridgehead atoms. The lowest BCUT2D eigenvalue weighted by Crippen LogP contribution is -2.24. The van der Waals surface area contributed by atoms with E-state index in [1.54, 1.807) is 6.07 Å². The van der Waals surface area contributed by atoms with Crippen LogP contribution in [0, 0.1) is 0 Å². The molecule has 1 atom stereocenters. The first-order valence-corrected chi connectivity index (χ1v) is 5.62. The lowest BCUT2D eigenvalue weighted by molar-refractivity contribution is 0.0696. The zero-order valence-electron chi connectivity index (χ0n) is 9.73. The van der Waals surface area contributed by atoms with Gasteiger partial charge in [-0.3, -0.25) is 0 Å². The van der Waals surface area contributed by atoms with Crippen molar-refractivity contribution in [2.75, 3.05) is 14.1 Å². The number of hydrogen-bond acceptors (Lipinski definition) is 2. The molecule has 0 aliphatic heterocycles. The fourth-order valence-corrected chi connectivity index (χ4v) is 2.44. The van der Waals surface area contributed by atoms with Crippen LogP contribution in [0.2, 0.25) is 0 Å². The molecule has 86 valence electrons.